The van der Waals surface area contributed by atoms with E-state index in [0.717, 1.165) is 18.5 Å². The van der Waals surface area contributed by atoms with Crippen molar-refractivity contribution in [2.75, 3.05) is 11.4 Å². The average Bonchev–Trinajstić information content (AvgIpc) is 2.98. The number of carboxylic acid groups (broad SMARTS) is 1. The van der Waals surface area contributed by atoms with Crippen molar-refractivity contribution in [2.24, 2.45) is 0 Å². The first-order chi connectivity index (χ1) is 9.75. The molecule has 0 spiro atoms. The normalized spacial score (nSPS) is 18.2. The molecule has 1 aromatic heterocycles. The van der Waals surface area contributed by atoms with E-state index < -0.39 is 12.0 Å². The van der Waals surface area contributed by atoms with Crippen molar-refractivity contribution >= 4 is 11.8 Å². The van der Waals surface area contributed by atoms with Crippen LogP contribution in [0.2, 0.25) is 0 Å². The van der Waals surface area contributed by atoms with Crippen LogP contribution in [0.1, 0.15) is 12.8 Å². The molecule has 2 aromatic rings. The van der Waals surface area contributed by atoms with Gasteiger partial charge in [0.15, 0.2) is 5.82 Å². The largest absolute Gasteiger partial charge is 0.480 e. The number of nitrogens with zero attached hydrogens (tertiary/aromatic N) is 3. The number of rotatable bonds is 3. The van der Waals surface area contributed by atoms with Gasteiger partial charge in [-0.25, -0.2) is 14.8 Å². The van der Waals surface area contributed by atoms with Gasteiger partial charge in [-0.1, -0.05) is 30.3 Å². The molecule has 2 heterocycles. The zero-order valence-corrected chi connectivity index (χ0v) is 10.9. The first-order valence-electron chi connectivity index (χ1n) is 6.63. The fourth-order valence-corrected chi connectivity index (χ4v) is 2.53. The molecule has 5 heteroatoms. The van der Waals surface area contributed by atoms with Gasteiger partial charge in [0.2, 0.25) is 0 Å². The van der Waals surface area contributed by atoms with Crippen LogP contribution >= 0.6 is 0 Å². The van der Waals surface area contributed by atoms with Crippen molar-refractivity contribution < 1.29 is 9.90 Å². The molecule has 1 fully saturated rings. The Kier molecular flexibility index (Phi) is 3.33. The molecule has 1 unspecified atom stereocenters. The number of hydrogen-bond acceptors (Lipinski definition) is 4. The maximum atomic E-state index is 11.3. The van der Waals surface area contributed by atoms with Crippen molar-refractivity contribution in [3.8, 4) is 11.4 Å². The second kappa shape index (κ2) is 5.28. The Bertz CT molecular complexity index is 616. The Morgan fingerprint density at radius 3 is 2.80 bits per heavy atom. The van der Waals surface area contributed by atoms with Crippen LogP contribution in [-0.4, -0.2) is 33.6 Å². The first kappa shape index (κ1) is 12.6. The molecule has 1 aromatic carbocycles. The molecular formula is C15H15N3O2. The van der Waals surface area contributed by atoms with Crippen LogP contribution in [-0.2, 0) is 4.79 Å². The van der Waals surface area contributed by atoms with E-state index in [-0.39, 0.29) is 0 Å². The second-order valence-electron chi connectivity index (χ2n) is 4.79. The van der Waals surface area contributed by atoms with Gasteiger partial charge in [0.25, 0.3) is 0 Å². The van der Waals surface area contributed by atoms with Crippen LogP contribution in [0.5, 0.6) is 0 Å². The van der Waals surface area contributed by atoms with Crippen molar-refractivity contribution in [2.45, 2.75) is 18.9 Å². The number of carboxylic acids is 1. The fraction of sp³-hybridized carbons (Fsp3) is 0.267. The summed E-state index contributed by atoms with van der Waals surface area (Å²) < 4.78 is 0. The Morgan fingerprint density at radius 1 is 1.25 bits per heavy atom. The first-order valence-corrected chi connectivity index (χ1v) is 6.63. The lowest BCUT2D eigenvalue weighted by atomic mass is 10.2. The third-order valence-corrected chi connectivity index (χ3v) is 3.50. The molecule has 0 aliphatic carbocycles. The highest BCUT2D eigenvalue weighted by molar-refractivity contribution is 5.78. The molecule has 1 N–H and O–H groups in total. The summed E-state index contributed by atoms with van der Waals surface area (Å²) in [7, 11) is 0. The van der Waals surface area contributed by atoms with Crippen LogP contribution in [0.3, 0.4) is 0 Å². The minimum absolute atomic E-state index is 0.478. The number of aliphatic carboxylic acids is 1. The Morgan fingerprint density at radius 2 is 2.05 bits per heavy atom. The lowest BCUT2D eigenvalue weighted by molar-refractivity contribution is -0.138. The maximum Gasteiger partial charge on any atom is 0.326 e. The van der Waals surface area contributed by atoms with E-state index in [9.17, 15) is 9.90 Å². The molecule has 0 bridgehead atoms. The lowest BCUT2D eigenvalue weighted by Crippen LogP contribution is -2.36. The molecule has 3 rings (SSSR count). The summed E-state index contributed by atoms with van der Waals surface area (Å²) in [6.45, 7) is 0.724. The zero-order valence-electron chi connectivity index (χ0n) is 10.9. The summed E-state index contributed by atoms with van der Waals surface area (Å²) in [5.74, 6) is 0.519. The summed E-state index contributed by atoms with van der Waals surface area (Å²) in [5, 5.41) is 9.25. The van der Waals surface area contributed by atoms with Crippen molar-refractivity contribution in [3.63, 3.8) is 0 Å². The molecule has 0 radical (unpaired) electrons. The highest BCUT2D eigenvalue weighted by atomic mass is 16.4. The van der Waals surface area contributed by atoms with Crippen LogP contribution in [0.4, 0.5) is 5.82 Å². The van der Waals surface area contributed by atoms with E-state index in [4.69, 9.17) is 0 Å². The summed E-state index contributed by atoms with van der Waals surface area (Å²) in [5.41, 5.74) is 0.931. The number of hydrogen-bond donors (Lipinski definition) is 1. The molecular weight excluding hydrogens is 254 g/mol. The number of aromatic nitrogens is 2. The highest BCUT2D eigenvalue weighted by Gasteiger charge is 2.31. The third kappa shape index (κ3) is 2.34. The number of carbonyl (C=O) groups is 1. The second-order valence-corrected chi connectivity index (χ2v) is 4.79. The van der Waals surface area contributed by atoms with Gasteiger partial charge in [-0.2, -0.15) is 0 Å². The van der Waals surface area contributed by atoms with Gasteiger partial charge in [0, 0.05) is 18.3 Å². The van der Waals surface area contributed by atoms with Gasteiger partial charge in [-0.15, -0.1) is 0 Å². The van der Waals surface area contributed by atoms with Crippen LogP contribution in [0, 0.1) is 0 Å². The van der Waals surface area contributed by atoms with E-state index in [1.807, 2.05) is 35.2 Å². The molecule has 0 amide bonds. The molecule has 1 aliphatic rings. The Balaban J connectivity index is 1.94. The van der Waals surface area contributed by atoms with E-state index in [0.29, 0.717) is 18.1 Å². The molecule has 20 heavy (non-hydrogen) atoms. The molecule has 5 nitrogen and oxygen atoms in total. The minimum Gasteiger partial charge on any atom is -0.480 e. The lowest BCUT2D eigenvalue weighted by Gasteiger charge is -2.22. The quantitative estimate of drug-likeness (QED) is 0.925. The molecule has 0 saturated carbocycles. The standard InChI is InChI=1S/C15H15N3O2/c19-15(20)12-7-4-10-18(12)13-8-9-16-14(17-13)11-5-2-1-3-6-11/h1-3,5-6,8-9,12H,4,7,10H2,(H,19,20). The molecule has 1 aliphatic heterocycles. The zero-order chi connectivity index (χ0) is 13.9. The maximum absolute atomic E-state index is 11.3. The van der Waals surface area contributed by atoms with E-state index in [1.54, 1.807) is 12.3 Å². The van der Waals surface area contributed by atoms with Gasteiger partial charge in [-0.05, 0) is 18.9 Å². The van der Waals surface area contributed by atoms with Gasteiger partial charge in [0.05, 0.1) is 0 Å². The molecule has 1 atom stereocenters. The SMILES string of the molecule is O=C(O)C1CCCN1c1ccnc(-c2ccccc2)n1. The fourth-order valence-electron chi connectivity index (χ4n) is 2.53. The van der Waals surface area contributed by atoms with Crippen molar-refractivity contribution in [3.05, 3.63) is 42.6 Å². The monoisotopic (exact) mass is 269 g/mol. The topological polar surface area (TPSA) is 66.3 Å². The van der Waals surface area contributed by atoms with E-state index >= 15 is 0 Å². The third-order valence-electron chi connectivity index (χ3n) is 3.50. The van der Waals surface area contributed by atoms with Crippen molar-refractivity contribution in [1.29, 1.82) is 0 Å². The molecule has 1 saturated heterocycles. The number of benzene rings is 1. The van der Waals surface area contributed by atoms with E-state index in [2.05, 4.69) is 9.97 Å². The summed E-state index contributed by atoms with van der Waals surface area (Å²) in [6, 6.07) is 11.0. The van der Waals surface area contributed by atoms with Gasteiger partial charge in [0.1, 0.15) is 11.9 Å². The minimum atomic E-state index is -0.789. The van der Waals surface area contributed by atoms with Gasteiger partial charge < -0.3 is 10.0 Å². The smallest absolute Gasteiger partial charge is 0.326 e. The van der Waals surface area contributed by atoms with Gasteiger partial charge in [-0.3, -0.25) is 0 Å². The van der Waals surface area contributed by atoms with Gasteiger partial charge >= 0.3 is 5.97 Å². The number of anilines is 1. The summed E-state index contributed by atoms with van der Waals surface area (Å²) >= 11 is 0. The van der Waals surface area contributed by atoms with Crippen molar-refractivity contribution in [1.82, 2.24) is 9.97 Å². The predicted octanol–water partition coefficient (Wildman–Crippen LogP) is 2.20. The van der Waals surface area contributed by atoms with Crippen LogP contribution in [0.25, 0.3) is 11.4 Å². The molecule has 102 valence electrons. The Hall–Kier alpha value is -2.43. The highest BCUT2D eigenvalue weighted by Crippen LogP contribution is 2.25. The van der Waals surface area contributed by atoms with E-state index in [1.165, 1.54) is 0 Å². The average molecular weight is 269 g/mol. The Labute approximate surface area is 116 Å². The van der Waals surface area contributed by atoms with Crippen LogP contribution < -0.4 is 4.90 Å². The summed E-state index contributed by atoms with van der Waals surface area (Å²) in [6.07, 6.45) is 3.23. The van der Waals surface area contributed by atoms with Crippen LogP contribution in [0.15, 0.2) is 42.6 Å². The summed E-state index contributed by atoms with van der Waals surface area (Å²) in [4.78, 5) is 21.9. The predicted molar refractivity (Wildman–Crippen MR) is 75.5 cm³/mol.